The Balaban J connectivity index is 1.63. The predicted molar refractivity (Wildman–Crippen MR) is 95.4 cm³/mol. The molecule has 4 rings (SSSR count). The Bertz CT molecular complexity index is 1220. The minimum atomic E-state index is -0.256. The van der Waals surface area contributed by atoms with E-state index in [9.17, 15) is 14.7 Å². The molecular weight excluding hydrogens is 336 g/mol. The molecule has 0 radical (unpaired) electrons. The van der Waals surface area contributed by atoms with Crippen LogP contribution in [0.3, 0.4) is 0 Å². The van der Waals surface area contributed by atoms with Crippen molar-refractivity contribution in [3.63, 3.8) is 0 Å². The van der Waals surface area contributed by atoms with Gasteiger partial charge in [0.15, 0.2) is 11.5 Å². The number of aromatic amines is 2. The van der Waals surface area contributed by atoms with Gasteiger partial charge in [0.1, 0.15) is 5.75 Å². The van der Waals surface area contributed by atoms with E-state index in [1.807, 2.05) is 6.92 Å². The van der Waals surface area contributed by atoms with Crippen LogP contribution in [-0.4, -0.2) is 35.8 Å². The lowest BCUT2D eigenvalue weighted by atomic mass is 10.1. The van der Waals surface area contributed by atoms with Crippen LogP contribution in [0.25, 0.3) is 16.6 Å². The van der Waals surface area contributed by atoms with Crippen molar-refractivity contribution in [2.75, 3.05) is 5.32 Å². The Hall–Kier alpha value is -3.62. The molecule has 0 bridgehead atoms. The van der Waals surface area contributed by atoms with Gasteiger partial charge in [0.05, 0.1) is 11.9 Å². The van der Waals surface area contributed by atoms with Crippen LogP contribution in [0.5, 0.6) is 5.75 Å². The predicted octanol–water partition coefficient (Wildman–Crippen LogP) is 1.40. The van der Waals surface area contributed by atoms with Gasteiger partial charge in [0, 0.05) is 34.5 Å². The number of aryl methyl sites for hydroxylation is 2. The minimum absolute atomic E-state index is 0.0905. The number of hydrogen-bond acceptors (Lipinski definition) is 5. The van der Waals surface area contributed by atoms with Crippen LogP contribution in [0.15, 0.2) is 29.1 Å². The summed E-state index contributed by atoms with van der Waals surface area (Å²) in [6.07, 6.45) is 0.0905. The van der Waals surface area contributed by atoms with Crippen LogP contribution in [0, 0.1) is 13.8 Å². The molecule has 132 valence electrons. The molecular formula is C17H16N6O3. The Labute approximate surface area is 146 Å². The zero-order valence-corrected chi connectivity index (χ0v) is 14.1. The third-order valence-electron chi connectivity index (χ3n) is 4.34. The second-order valence-corrected chi connectivity index (χ2v) is 6.10. The Kier molecular flexibility index (Phi) is 3.50. The highest BCUT2D eigenvalue weighted by Crippen LogP contribution is 2.24. The zero-order valence-electron chi connectivity index (χ0n) is 14.1. The van der Waals surface area contributed by atoms with E-state index in [2.05, 4.69) is 25.6 Å². The van der Waals surface area contributed by atoms with Gasteiger partial charge >= 0.3 is 0 Å². The third kappa shape index (κ3) is 2.59. The molecule has 0 saturated heterocycles. The minimum Gasteiger partial charge on any atom is -0.508 e. The van der Waals surface area contributed by atoms with Crippen molar-refractivity contribution in [1.82, 2.24) is 24.8 Å². The molecule has 1 aromatic carbocycles. The van der Waals surface area contributed by atoms with E-state index < -0.39 is 0 Å². The molecule has 0 aliphatic carbocycles. The first kappa shape index (κ1) is 15.9. The Morgan fingerprint density at radius 3 is 2.92 bits per heavy atom. The Morgan fingerprint density at radius 2 is 2.12 bits per heavy atom. The molecule has 9 heteroatoms. The van der Waals surface area contributed by atoms with Crippen molar-refractivity contribution >= 4 is 28.3 Å². The average molecular weight is 352 g/mol. The molecule has 9 nitrogen and oxygen atoms in total. The monoisotopic (exact) mass is 352 g/mol. The highest BCUT2D eigenvalue weighted by Gasteiger charge is 2.16. The number of aromatic hydroxyl groups is 1. The number of hydrogen-bond donors (Lipinski definition) is 4. The van der Waals surface area contributed by atoms with Crippen LogP contribution in [-0.2, 0) is 11.2 Å². The molecule has 0 atom stereocenters. The maximum absolute atomic E-state index is 12.5. The highest BCUT2D eigenvalue weighted by atomic mass is 16.3. The van der Waals surface area contributed by atoms with Crippen molar-refractivity contribution in [1.29, 1.82) is 0 Å². The number of phenolic OH excluding ortho intramolecular Hbond substituents is 1. The lowest BCUT2D eigenvalue weighted by Gasteiger charge is -2.11. The number of carbonyl (C=O) groups excluding carboxylic acids is 1. The number of amides is 1. The summed E-state index contributed by atoms with van der Waals surface area (Å²) in [5, 5.41) is 22.5. The summed E-state index contributed by atoms with van der Waals surface area (Å²) in [6.45, 7) is 3.63. The van der Waals surface area contributed by atoms with E-state index in [1.54, 1.807) is 17.5 Å². The molecule has 26 heavy (non-hydrogen) atoms. The van der Waals surface area contributed by atoms with Crippen molar-refractivity contribution in [2.24, 2.45) is 0 Å². The van der Waals surface area contributed by atoms with E-state index in [-0.39, 0.29) is 23.6 Å². The molecule has 0 fully saturated rings. The maximum atomic E-state index is 12.5. The number of benzene rings is 1. The first-order chi connectivity index (χ1) is 12.4. The number of fused-ring (bicyclic) bond motifs is 2. The summed E-state index contributed by atoms with van der Waals surface area (Å²) in [5.74, 6) is 0.252. The molecule has 0 saturated carbocycles. The van der Waals surface area contributed by atoms with Gasteiger partial charge in [0.2, 0.25) is 5.91 Å². The number of H-pyrrole nitrogens is 2. The van der Waals surface area contributed by atoms with E-state index >= 15 is 0 Å². The summed E-state index contributed by atoms with van der Waals surface area (Å²) in [4.78, 5) is 28.4. The smallest absolute Gasteiger partial charge is 0.266 e. The second-order valence-electron chi connectivity index (χ2n) is 6.10. The van der Waals surface area contributed by atoms with Gasteiger partial charge < -0.3 is 10.4 Å². The number of phenols is 1. The van der Waals surface area contributed by atoms with Crippen molar-refractivity contribution in [3.8, 4) is 5.75 Å². The topological polar surface area (TPSA) is 128 Å². The summed E-state index contributed by atoms with van der Waals surface area (Å²) in [5.41, 5.74) is 3.08. The fourth-order valence-electron chi connectivity index (χ4n) is 3.05. The first-order valence-electron chi connectivity index (χ1n) is 7.97. The van der Waals surface area contributed by atoms with E-state index in [0.717, 1.165) is 11.3 Å². The molecule has 0 unspecified atom stereocenters. The van der Waals surface area contributed by atoms with Gasteiger partial charge in [-0.15, -0.1) is 0 Å². The molecule has 3 heterocycles. The molecule has 0 aliphatic heterocycles. The van der Waals surface area contributed by atoms with Gasteiger partial charge in [-0.3, -0.25) is 19.8 Å². The Morgan fingerprint density at radius 1 is 1.31 bits per heavy atom. The van der Waals surface area contributed by atoms with Crippen LogP contribution in [0.2, 0.25) is 0 Å². The number of aromatic nitrogens is 5. The zero-order chi connectivity index (χ0) is 18.4. The lowest BCUT2D eigenvalue weighted by Crippen LogP contribution is -2.18. The standard InChI is InChI=1S/C17H16N6O3/c1-8-12(9(2)23-14(18-8)7-16(26)22-23)6-15(25)19-17-11-4-3-10(24)5-13(11)20-21-17/h3-5,7,24H,6H2,1-2H3,(H,22,26)(H2,19,20,21,25). The van der Waals surface area contributed by atoms with Gasteiger partial charge in [-0.2, -0.15) is 5.10 Å². The van der Waals surface area contributed by atoms with Crippen molar-refractivity contribution in [3.05, 3.63) is 51.6 Å². The number of carbonyl (C=O) groups is 1. The van der Waals surface area contributed by atoms with Crippen LogP contribution >= 0.6 is 0 Å². The molecule has 0 spiro atoms. The molecule has 4 aromatic rings. The van der Waals surface area contributed by atoms with E-state index in [4.69, 9.17) is 0 Å². The normalized spacial score (nSPS) is 11.3. The molecule has 0 aliphatic rings. The number of nitrogens with zero attached hydrogens (tertiary/aromatic N) is 3. The number of nitrogens with one attached hydrogen (secondary N) is 3. The summed E-state index contributed by atoms with van der Waals surface area (Å²) in [7, 11) is 0. The number of anilines is 1. The lowest BCUT2D eigenvalue weighted by molar-refractivity contribution is -0.115. The molecule has 4 N–H and O–H groups in total. The van der Waals surface area contributed by atoms with Gasteiger partial charge in [0.25, 0.3) is 5.56 Å². The highest BCUT2D eigenvalue weighted by molar-refractivity contribution is 6.00. The van der Waals surface area contributed by atoms with Crippen LogP contribution in [0.1, 0.15) is 17.0 Å². The SMILES string of the molecule is Cc1nc2cc(=O)[nH]n2c(C)c1CC(=O)Nc1n[nH]c2cc(O)ccc12. The second kappa shape index (κ2) is 5.73. The summed E-state index contributed by atoms with van der Waals surface area (Å²) >= 11 is 0. The maximum Gasteiger partial charge on any atom is 0.266 e. The summed E-state index contributed by atoms with van der Waals surface area (Å²) < 4.78 is 1.57. The largest absolute Gasteiger partial charge is 0.508 e. The van der Waals surface area contributed by atoms with Crippen LogP contribution in [0.4, 0.5) is 5.82 Å². The van der Waals surface area contributed by atoms with Gasteiger partial charge in [-0.05, 0) is 26.0 Å². The van der Waals surface area contributed by atoms with Crippen molar-refractivity contribution < 1.29 is 9.90 Å². The van der Waals surface area contributed by atoms with Gasteiger partial charge in [-0.1, -0.05) is 0 Å². The molecule has 1 amide bonds. The average Bonchev–Trinajstić information content (AvgIpc) is 3.14. The van der Waals surface area contributed by atoms with Gasteiger partial charge in [-0.25, -0.2) is 9.50 Å². The molecule has 3 aromatic heterocycles. The quantitative estimate of drug-likeness (QED) is 0.443. The van der Waals surface area contributed by atoms with E-state index in [0.29, 0.717) is 28.1 Å². The fraction of sp³-hybridized carbons (Fsp3) is 0.176. The third-order valence-corrected chi connectivity index (χ3v) is 4.34. The van der Waals surface area contributed by atoms with Crippen LogP contribution < -0.4 is 10.9 Å². The van der Waals surface area contributed by atoms with E-state index in [1.165, 1.54) is 18.2 Å². The number of rotatable bonds is 3. The summed E-state index contributed by atoms with van der Waals surface area (Å²) in [6, 6.07) is 6.15. The fourth-order valence-corrected chi connectivity index (χ4v) is 3.05. The first-order valence-corrected chi connectivity index (χ1v) is 7.97. The van der Waals surface area contributed by atoms with Crippen molar-refractivity contribution in [2.45, 2.75) is 20.3 Å².